The molecule has 0 aliphatic heterocycles. The zero-order chi connectivity index (χ0) is 19.9. The molecule has 2 N–H and O–H groups in total. The zero-order valence-electron chi connectivity index (χ0n) is 14.8. The van der Waals surface area contributed by atoms with E-state index in [9.17, 15) is 20.0 Å². The summed E-state index contributed by atoms with van der Waals surface area (Å²) >= 11 is 1.24. The molecule has 0 bridgehead atoms. The molecule has 0 aliphatic carbocycles. The van der Waals surface area contributed by atoms with Gasteiger partial charge in [-0.15, -0.1) is 0 Å². The van der Waals surface area contributed by atoms with Gasteiger partial charge in [0.15, 0.2) is 5.16 Å². The standard InChI is InChI=1S/C19H18N4O4S/c24-12-16-11-22(10-14-5-2-1-3-6-14)19(21-16)28-13-18(25)20-15-7-4-8-17(9-15)23(26)27/h1-9,11,24H,10,12-13H2,(H,20,25). The minimum atomic E-state index is -0.513. The normalized spacial score (nSPS) is 10.6. The lowest BCUT2D eigenvalue weighted by atomic mass is 10.2. The van der Waals surface area contributed by atoms with Crippen molar-refractivity contribution < 1.29 is 14.8 Å². The number of nitrogens with zero attached hydrogens (tertiary/aromatic N) is 3. The highest BCUT2D eigenvalue weighted by atomic mass is 32.2. The fourth-order valence-electron chi connectivity index (χ4n) is 2.56. The van der Waals surface area contributed by atoms with E-state index in [1.54, 1.807) is 12.3 Å². The molecule has 0 unspecified atom stereocenters. The van der Waals surface area contributed by atoms with Crippen molar-refractivity contribution in [2.24, 2.45) is 0 Å². The number of thioether (sulfide) groups is 1. The van der Waals surface area contributed by atoms with Crippen LogP contribution in [0.3, 0.4) is 0 Å². The van der Waals surface area contributed by atoms with Gasteiger partial charge in [-0.1, -0.05) is 48.2 Å². The number of carbonyl (C=O) groups excluding carboxylic acids is 1. The van der Waals surface area contributed by atoms with E-state index in [0.29, 0.717) is 23.1 Å². The van der Waals surface area contributed by atoms with Gasteiger partial charge in [-0.25, -0.2) is 4.98 Å². The number of hydrogen-bond donors (Lipinski definition) is 2. The van der Waals surface area contributed by atoms with Crippen molar-refractivity contribution in [1.82, 2.24) is 9.55 Å². The number of nitro groups is 1. The van der Waals surface area contributed by atoms with Gasteiger partial charge in [0.2, 0.25) is 5.91 Å². The summed E-state index contributed by atoms with van der Waals surface area (Å²) in [5.41, 5.74) is 1.88. The third kappa shape index (κ3) is 5.18. The fourth-order valence-corrected chi connectivity index (χ4v) is 3.36. The first-order valence-electron chi connectivity index (χ1n) is 8.43. The number of amides is 1. The van der Waals surface area contributed by atoms with Crippen molar-refractivity contribution in [2.75, 3.05) is 11.1 Å². The molecule has 0 fully saturated rings. The molecular weight excluding hydrogens is 380 g/mol. The minimum absolute atomic E-state index is 0.0827. The van der Waals surface area contributed by atoms with Gasteiger partial charge in [0, 0.05) is 30.6 Å². The lowest BCUT2D eigenvalue weighted by Crippen LogP contribution is -2.14. The van der Waals surface area contributed by atoms with Gasteiger partial charge in [0.05, 0.1) is 23.0 Å². The Morgan fingerprint density at radius 2 is 2.00 bits per heavy atom. The molecule has 1 amide bonds. The molecule has 8 nitrogen and oxygen atoms in total. The van der Waals surface area contributed by atoms with E-state index in [1.165, 1.54) is 30.0 Å². The number of aromatic nitrogens is 2. The van der Waals surface area contributed by atoms with Crippen molar-refractivity contribution in [1.29, 1.82) is 0 Å². The Balaban J connectivity index is 1.65. The van der Waals surface area contributed by atoms with Crippen LogP contribution in [-0.4, -0.2) is 31.2 Å². The average Bonchev–Trinajstić information content (AvgIpc) is 3.09. The second kappa shape index (κ2) is 9.16. The third-order valence-corrected chi connectivity index (χ3v) is 4.81. The summed E-state index contributed by atoms with van der Waals surface area (Å²) in [6.45, 7) is 0.387. The molecule has 3 rings (SSSR count). The van der Waals surface area contributed by atoms with Crippen LogP contribution in [0.15, 0.2) is 66.0 Å². The SMILES string of the molecule is O=C(CSc1nc(CO)cn1Cc1ccccc1)Nc1cccc([N+](=O)[O-])c1. The molecule has 3 aromatic rings. The summed E-state index contributed by atoms with van der Waals surface area (Å²) < 4.78 is 1.88. The number of aliphatic hydroxyl groups excluding tert-OH is 1. The Labute approximate surface area is 165 Å². The molecule has 144 valence electrons. The highest BCUT2D eigenvalue weighted by Crippen LogP contribution is 2.21. The van der Waals surface area contributed by atoms with Crippen molar-refractivity contribution >= 4 is 29.0 Å². The number of non-ortho nitro benzene ring substituents is 1. The largest absolute Gasteiger partial charge is 0.390 e. The first kappa shape index (κ1) is 19.6. The van der Waals surface area contributed by atoms with E-state index in [4.69, 9.17) is 0 Å². The highest BCUT2D eigenvalue weighted by Gasteiger charge is 2.13. The number of carbonyl (C=O) groups is 1. The Hall–Kier alpha value is -3.17. The van der Waals surface area contributed by atoms with Crippen LogP contribution >= 0.6 is 11.8 Å². The number of hydrogen-bond acceptors (Lipinski definition) is 6. The first-order valence-corrected chi connectivity index (χ1v) is 9.41. The summed E-state index contributed by atoms with van der Waals surface area (Å²) in [5, 5.41) is 23.5. The van der Waals surface area contributed by atoms with Gasteiger partial charge in [0.1, 0.15) is 0 Å². The van der Waals surface area contributed by atoms with Gasteiger partial charge in [-0.3, -0.25) is 14.9 Å². The molecule has 28 heavy (non-hydrogen) atoms. The molecule has 1 heterocycles. The average molecular weight is 398 g/mol. The lowest BCUT2D eigenvalue weighted by Gasteiger charge is -2.08. The van der Waals surface area contributed by atoms with E-state index in [0.717, 1.165) is 5.56 Å². The summed E-state index contributed by atoms with van der Waals surface area (Å²) in [4.78, 5) is 26.9. The second-order valence-corrected chi connectivity index (χ2v) is 6.87. The van der Waals surface area contributed by atoms with Crippen LogP contribution in [0, 0.1) is 10.1 Å². The topological polar surface area (TPSA) is 110 Å². The van der Waals surface area contributed by atoms with Gasteiger partial charge in [0.25, 0.3) is 5.69 Å². The minimum Gasteiger partial charge on any atom is -0.390 e. The molecular formula is C19H18N4O4S. The molecule has 2 aromatic carbocycles. The number of anilines is 1. The predicted molar refractivity (Wildman–Crippen MR) is 106 cm³/mol. The molecule has 0 saturated carbocycles. The zero-order valence-corrected chi connectivity index (χ0v) is 15.6. The Morgan fingerprint density at radius 1 is 1.21 bits per heavy atom. The third-order valence-electron chi connectivity index (χ3n) is 3.82. The maximum Gasteiger partial charge on any atom is 0.271 e. The number of nitro benzene ring substituents is 1. The Bertz CT molecular complexity index is 975. The quantitative estimate of drug-likeness (QED) is 0.343. The van der Waals surface area contributed by atoms with Crippen molar-refractivity contribution in [2.45, 2.75) is 18.3 Å². The Kier molecular flexibility index (Phi) is 6.41. The number of nitrogens with one attached hydrogen (secondary N) is 1. The van der Waals surface area contributed by atoms with Crippen molar-refractivity contribution in [3.63, 3.8) is 0 Å². The van der Waals surface area contributed by atoms with E-state index < -0.39 is 4.92 Å². The smallest absolute Gasteiger partial charge is 0.271 e. The molecule has 1 aromatic heterocycles. The summed E-state index contributed by atoms with van der Waals surface area (Å²) in [5.74, 6) is -0.218. The van der Waals surface area contributed by atoms with Crippen molar-refractivity contribution in [3.05, 3.63) is 82.2 Å². The number of benzene rings is 2. The fraction of sp³-hybridized carbons (Fsp3) is 0.158. The number of rotatable bonds is 8. The number of aliphatic hydroxyl groups is 1. The van der Waals surface area contributed by atoms with Crippen molar-refractivity contribution in [3.8, 4) is 0 Å². The second-order valence-electron chi connectivity index (χ2n) is 5.93. The van der Waals surface area contributed by atoms with Gasteiger partial charge >= 0.3 is 0 Å². The lowest BCUT2D eigenvalue weighted by molar-refractivity contribution is -0.384. The van der Waals surface area contributed by atoms with E-state index in [-0.39, 0.29) is 24.0 Å². The summed E-state index contributed by atoms with van der Waals surface area (Å²) in [6, 6.07) is 15.6. The van der Waals surface area contributed by atoms with Crippen LogP contribution in [0.5, 0.6) is 0 Å². The Morgan fingerprint density at radius 3 is 2.71 bits per heavy atom. The summed E-state index contributed by atoms with van der Waals surface area (Å²) in [6.07, 6.45) is 1.76. The van der Waals surface area contributed by atoms with Crippen LogP contribution in [0.25, 0.3) is 0 Å². The van der Waals surface area contributed by atoms with E-state index >= 15 is 0 Å². The first-order chi connectivity index (χ1) is 13.5. The maximum atomic E-state index is 12.2. The maximum absolute atomic E-state index is 12.2. The van der Waals surface area contributed by atoms with Crippen LogP contribution in [-0.2, 0) is 17.9 Å². The molecule has 0 saturated heterocycles. The van der Waals surface area contributed by atoms with Gasteiger partial charge in [-0.05, 0) is 11.6 Å². The van der Waals surface area contributed by atoms with Crippen LogP contribution in [0.1, 0.15) is 11.3 Å². The molecule has 0 spiro atoms. The molecule has 9 heteroatoms. The van der Waals surface area contributed by atoms with Crippen LogP contribution < -0.4 is 5.32 Å². The molecule has 0 atom stereocenters. The highest BCUT2D eigenvalue weighted by molar-refractivity contribution is 7.99. The van der Waals surface area contributed by atoms with Gasteiger partial charge < -0.3 is 15.0 Å². The van der Waals surface area contributed by atoms with E-state index in [2.05, 4.69) is 10.3 Å². The van der Waals surface area contributed by atoms with E-state index in [1.807, 2.05) is 34.9 Å². The van der Waals surface area contributed by atoms with Crippen LogP contribution in [0.4, 0.5) is 11.4 Å². The number of imidazole rings is 1. The van der Waals surface area contributed by atoms with Gasteiger partial charge in [-0.2, -0.15) is 0 Å². The predicted octanol–water partition coefficient (Wildman–Crippen LogP) is 3.06. The van der Waals surface area contributed by atoms with Crippen LogP contribution in [0.2, 0.25) is 0 Å². The summed E-state index contributed by atoms with van der Waals surface area (Å²) in [7, 11) is 0. The molecule has 0 radical (unpaired) electrons. The molecule has 0 aliphatic rings. The monoisotopic (exact) mass is 398 g/mol.